The Labute approximate surface area is 158 Å². The summed E-state index contributed by atoms with van der Waals surface area (Å²) in [5.74, 6) is 6.09. The third-order valence-electron chi connectivity index (χ3n) is 4.38. The molecule has 0 aliphatic heterocycles. The molecule has 4 nitrogen and oxygen atoms in total. The number of hydrogen-bond acceptors (Lipinski definition) is 5. The molecular formula is C21H25N3OS. The summed E-state index contributed by atoms with van der Waals surface area (Å²) in [6.07, 6.45) is -0.0451. The molecule has 3 aromatic rings. The molecule has 0 unspecified atom stereocenters. The minimum absolute atomic E-state index is 0.334. The van der Waals surface area contributed by atoms with Crippen LogP contribution in [0.5, 0.6) is 0 Å². The number of hydrazine groups is 1. The molecule has 0 bridgehead atoms. The Balaban J connectivity index is 1.50. The minimum Gasteiger partial charge on any atom is -0.390 e. The van der Waals surface area contributed by atoms with Gasteiger partial charge >= 0.3 is 0 Å². The molecule has 0 radical (unpaired) electrons. The van der Waals surface area contributed by atoms with Crippen molar-refractivity contribution in [1.29, 1.82) is 0 Å². The number of benzene rings is 2. The molecule has 2 aromatic carbocycles. The van der Waals surface area contributed by atoms with Crippen LogP contribution in [0.1, 0.15) is 11.1 Å². The van der Waals surface area contributed by atoms with Crippen LogP contribution in [0.25, 0.3) is 10.4 Å². The van der Waals surface area contributed by atoms with Crippen LogP contribution in [0, 0.1) is 0 Å². The van der Waals surface area contributed by atoms with Crippen molar-refractivity contribution in [3.05, 3.63) is 83.2 Å². The Morgan fingerprint density at radius 1 is 0.923 bits per heavy atom. The average molecular weight is 368 g/mol. The highest BCUT2D eigenvalue weighted by molar-refractivity contribution is 7.13. The number of aliphatic hydroxyl groups is 1. The van der Waals surface area contributed by atoms with Gasteiger partial charge in [-0.2, -0.15) is 0 Å². The first-order valence-electron chi connectivity index (χ1n) is 8.72. The van der Waals surface area contributed by atoms with Crippen LogP contribution in [0.3, 0.4) is 0 Å². The molecule has 136 valence electrons. The van der Waals surface area contributed by atoms with Crippen LogP contribution in [0.2, 0.25) is 0 Å². The Morgan fingerprint density at radius 2 is 1.65 bits per heavy atom. The van der Waals surface area contributed by atoms with E-state index >= 15 is 0 Å². The van der Waals surface area contributed by atoms with Crippen LogP contribution in [0.4, 0.5) is 0 Å². The number of nitrogens with zero attached hydrogens (tertiary/aromatic N) is 1. The number of hydrogen-bond donors (Lipinski definition) is 3. The van der Waals surface area contributed by atoms with E-state index in [4.69, 9.17) is 11.6 Å². The first-order chi connectivity index (χ1) is 12.6. The summed E-state index contributed by atoms with van der Waals surface area (Å²) in [6, 6.07) is 22.1. The van der Waals surface area contributed by atoms with Gasteiger partial charge in [0.15, 0.2) is 0 Å². The van der Waals surface area contributed by atoms with Crippen LogP contribution in [-0.4, -0.2) is 28.8 Å². The SMILES string of the molecule is N[C@@H](Cc1ccccc1)[C@@H](O)CN(N)Cc1ccc(-c2cccs2)cc1. The predicted octanol–water partition coefficient (Wildman–Crippen LogP) is 3.02. The first kappa shape index (κ1) is 18.8. The molecule has 0 spiro atoms. The largest absolute Gasteiger partial charge is 0.390 e. The average Bonchev–Trinajstić information content (AvgIpc) is 3.17. The van der Waals surface area contributed by atoms with Gasteiger partial charge in [0.1, 0.15) is 0 Å². The van der Waals surface area contributed by atoms with E-state index in [1.807, 2.05) is 30.3 Å². The Bertz CT molecular complexity index is 775. The number of nitrogens with two attached hydrogens (primary N) is 2. The molecule has 0 aliphatic rings. The lowest BCUT2D eigenvalue weighted by Gasteiger charge is -2.24. The summed E-state index contributed by atoms with van der Waals surface area (Å²) >= 11 is 1.73. The molecule has 3 rings (SSSR count). The molecule has 0 saturated heterocycles. The fourth-order valence-electron chi connectivity index (χ4n) is 2.91. The number of aliphatic hydroxyl groups excluding tert-OH is 1. The van der Waals surface area contributed by atoms with Gasteiger partial charge in [0.2, 0.25) is 0 Å². The lowest BCUT2D eigenvalue weighted by molar-refractivity contribution is 0.0877. The van der Waals surface area contributed by atoms with E-state index in [-0.39, 0.29) is 6.04 Å². The normalized spacial score (nSPS) is 13.7. The highest BCUT2D eigenvalue weighted by Crippen LogP contribution is 2.24. The van der Waals surface area contributed by atoms with Crippen LogP contribution < -0.4 is 11.6 Å². The summed E-state index contributed by atoms with van der Waals surface area (Å²) in [7, 11) is 0. The fraction of sp³-hybridized carbons (Fsp3) is 0.238. The zero-order chi connectivity index (χ0) is 18.4. The molecule has 0 aliphatic carbocycles. The van der Waals surface area contributed by atoms with E-state index in [9.17, 15) is 5.11 Å². The van der Waals surface area contributed by atoms with Crippen LogP contribution in [-0.2, 0) is 13.0 Å². The van der Waals surface area contributed by atoms with E-state index in [2.05, 4.69) is 41.8 Å². The Morgan fingerprint density at radius 3 is 2.31 bits per heavy atom. The maximum absolute atomic E-state index is 10.4. The zero-order valence-corrected chi connectivity index (χ0v) is 15.5. The maximum atomic E-state index is 10.4. The number of thiophene rings is 1. The topological polar surface area (TPSA) is 75.5 Å². The van der Waals surface area contributed by atoms with E-state index in [0.717, 1.165) is 11.1 Å². The van der Waals surface area contributed by atoms with Gasteiger partial charge in [0, 0.05) is 24.0 Å². The van der Waals surface area contributed by atoms with Gasteiger partial charge in [-0.05, 0) is 34.6 Å². The third kappa shape index (κ3) is 5.24. The zero-order valence-electron chi connectivity index (χ0n) is 14.7. The summed E-state index contributed by atoms with van der Waals surface area (Å²) in [4.78, 5) is 1.25. The molecule has 2 atom stereocenters. The highest BCUT2D eigenvalue weighted by atomic mass is 32.1. The lowest BCUT2D eigenvalue weighted by atomic mass is 10.0. The molecule has 1 aromatic heterocycles. The molecular weight excluding hydrogens is 342 g/mol. The second-order valence-corrected chi connectivity index (χ2v) is 7.47. The molecule has 0 saturated carbocycles. The smallest absolute Gasteiger partial charge is 0.0835 e. The standard InChI is InChI=1S/C21H25N3OS/c22-19(13-16-5-2-1-3-6-16)20(25)15-24(23)14-17-8-10-18(11-9-17)21-7-4-12-26-21/h1-12,19-20,25H,13-15,22-23H2/t19-,20-/m0/s1. The van der Waals surface area contributed by atoms with E-state index in [1.54, 1.807) is 16.3 Å². The fourth-order valence-corrected chi connectivity index (χ4v) is 3.65. The van der Waals surface area contributed by atoms with Gasteiger partial charge in [0.25, 0.3) is 0 Å². The predicted molar refractivity (Wildman–Crippen MR) is 108 cm³/mol. The molecule has 1 heterocycles. The molecule has 0 amide bonds. The van der Waals surface area contributed by atoms with Crippen molar-refractivity contribution in [1.82, 2.24) is 5.01 Å². The molecule has 26 heavy (non-hydrogen) atoms. The highest BCUT2D eigenvalue weighted by Gasteiger charge is 2.17. The van der Waals surface area contributed by atoms with Crippen molar-refractivity contribution in [2.24, 2.45) is 11.6 Å². The molecule has 5 N–H and O–H groups in total. The summed E-state index contributed by atoms with van der Waals surface area (Å²) in [5, 5.41) is 14.0. The third-order valence-corrected chi connectivity index (χ3v) is 5.29. The van der Waals surface area contributed by atoms with Crippen LogP contribution in [0.15, 0.2) is 72.1 Å². The monoisotopic (exact) mass is 367 g/mol. The Kier molecular flexibility index (Phi) is 6.55. The molecule has 5 heteroatoms. The van der Waals surface area contributed by atoms with Crippen molar-refractivity contribution < 1.29 is 5.11 Å². The second-order valence-electron chi connectivity index (χ2n) is 6.52. The van der Waals surface area contributed by atoms with Gasteiger partial charge in [-0.15, -0.1) is 11.3 Å². The van der Waals surface area contributed by atoms with E-state index < -0.39 is 6.10 Å². The van der Waals surface area contributed by atoms with Crippen molar-refractivity contribution in [2.45, 2.75) is 25.1 Å². The quantitative estimate of drug-likeness (QED) is 0.423. The van der Waals surface area contributed by atoms with Gasteiger partial charge in [0.05, 0.1) is 6.10 Å². The van der Waals surface area contributed by atoms with Gasteiger partial charge in [-0.1, -0.05) is 60.7 Å². The van der Waals surface area contributed by atoms with E-state index in [1.165, 1.54) is 10.4 Å². The number of rotatable bonds is 8. The molecule has 0 fully saturated rings. The van der Waals surface area contributed by atoms with Gasteiger partial charge in [-0.25, -0.2) is 5.01 Å². The first-order valence-corrected chi connectivity index (χ1v) is 9.60. The maximum Gasteiger partial charge on any atom is 0.0835 e. The minimum atomic E-state index is -0.675. The second kappa shape index (κ2) is 9.07. The van der Waals surface area contributed by atoms with Crippen LogP contribution >= 0.6 is 11.3 Å². The lowest BCUT2D eigenvalue weighted by Crippen LogP contribution is -2.46. The van der Waals surface area contributed by atoms with Crippen molar-refractivity contribution in [3.8, 4) is 10.4 Å². The van der Waals surface area contributed by atoms with Crippen molar-refractivity contribution in [3.63, 3.8) is 0 Å². The Hall–Kier alpha value is -2.02. The summed E-state index contributed by atoms with van der Waals surface area (Å²) in [5.41, 5.74) is 9.57. The van der Waals surface area contributed by atoms with Gasteiger partial charge < -0.3 is 10.8 Å². The van der Waals surface area contributed by atoms with E-state index in [0.29, 0.717) is 19.5 Å². The summed E-state index contributed by atoms with van der Waals surface area (Å²) < 4.78 is 0. The van der Waals surface area contributed by atoms with Crippen molar-refractivity contribution >= 4 is 11.3 Å². The van der Waals surface area contributed by atoms with Gasteiger partial charge in [-0.3, -0.25) is 5.84 Å². The van der Waals surface area contributed by atoms with Crippen molar-refractivity contribution in [2.75, 3.05) is 6.54 Å². The summed E-state index contributed by atoms with van der Waals surface area (Å²) in [6.45, 7) is 0.903.